The minimum absolute atomic E-state index is 0.00869. The molecule has 0 saturated carbocycles. The van der Waals surface area contributed by atoms with Gasteiger partial charge < -0.3 is 0 Å². The molecule has 0 aromatic heterocycles. The second kappa shape index (κ2) is 3.79. The lowest BCUT2D eigenvalue weighted by atomic mass is 10.1. The van der Waals surface area contributed by atoms with Crippen LogP contribution in [0.2, 0.25) is 0 Å². The van der Waals surface area contributed by atoms with Gasteiger partial charge in [-0.25, -0.2) is 8.78 Å². The van der Waals surface area contributed by atoms with Gasteiger partial charge >= 0.3 is 0 Å². The van der Waals surface area contributed by atoms with Gasteiger partial charge in [0.1, 0.15) is 0 Å². The molecule has 13 heavy (non-hydrogen) atoms. The summed E-state index contributed by atoms with van der Waals surface area (Å²) in [7, 11) is 0. The first-order valence-electron chi connectivity index (χ1n) is 3.38. The molecule has 1 aromatic carbocycles. The number of benzene rings is 1. The first kappa shape index (κ1) is 10.1. The predicted molar refractivity (Wildman–Crippen MR) is 48.6 cm³/mol. The Morgan fingerprint density at radius 1 is 1.38 bits per heavy atom. The molecule has 0 bridgehead atoms. The van der Waals surface area contributed by atoms with Gasteiger partial charge in [0.05, 0.1) is 10.0 Å². The quantitative estimate of drug-likeness (QED) is 0.446. The Bertz CT molecular complexity index is 374. The molecule has 0 heterocycles. The van der Waals surface area contributed by atoms with Crippen LogP contribution < -0.4 is 0 Å². The lowest BCUT2D eigenvalue weighted by Gasteiger charge is -2.00. The van der Waals surface area contributed by atoms with Gasteiger partial charge in [-0.3, -0.25) is 4.79 Å². The molecule has 0 atom stereocenters. The van der Waals surface area contributed by atoms with E-state index in [9.17, 15) is 13.6 Å². The number of ketones is 1. The highest BCUT2D eigenvalue weighted by molar-refractivity contribution is 9.10. The van der Waals surface area contributed by atoms with Crippen LogP contribution in [0.15, 0.2) is 29.3 Å². The van der Waals surface area contributed by atoms with Crippen LogP contribution in [0.4, 0.5) is 8.78 Å². The molecule has 0 radical (unpaired) electrons. The molecule has 0 aliphatic carbocycles. The zero-order valence-corrected chi connectivity index (χ0v) is 8.07. The van der Waals surface area contributed by atoms with E-state index in [0.29, 0.717) is 0 Å². The minimum Gasteiger partial charge on any atom is -0.289 e. The van der Waals surface area contributed by atoms with Crippen molar-refractivity contribution in [2.24, 2.45) is 0 Å². The Hall–Kier alpha value is -1.03. The monoisotopic (exact) mass is 246 g/mol. The van der Waals surface area contributed by atoms with E-state index in [-0.39, 0.29) is 10.0 Å². The minimum atomic E-state index is -1.15. The van der Waals surface area contributed by atoms with Crippen molar-refractivity contribution in [1.82, 2.24) is 0 Å². The zero-order chi connectivity index (χ0) is 10.0. The van der Waals surface area contributed by atoms with Crippen LogP contribution in [-0.4, -0.2) is 5.78 Å². The average Bonchev–Trinajstić information content (AvgIpc) is 2.13. The topological polar surface area (TPSA) is 17.1 Å². The summed E-state index contributed by atoms with van der Waals surface area (Å²) in [6.45, 7) is 3.18. The van der Waals surface area contributed by atoms with Crippen molar-refractivity contribution in [2.45, 2.75) is 0 Å². The highest BCUT2D eigenvalue weighted by atomic mass is 79.9. The van der Waals surface area contributed by atoms with E-state index in [0.717, 1.165) is 6.08 Å². The molecule has 0 N–H and O–H groups in total. The maximum Gasteiger partial charge on any atom is 0.188 e. The fourth-order valence-corrected chi connectivity index (χ4v) is 1.13. The number of allylic oxidation sites excluding steroid dienone is 1. The Kier molecular flexibility index (Phi) is 2.93. The van der Waals surface area contributed by atoms with Crippen molar-refractivity contribution in [3.63, 3.8) is 0 Å². The van der Waals surface area contributed by atoms with Crippen molar-refractivity contribution >= 4 is 21.7 Å². The SMILES string of the molecule is C=CC(=O)c1ccc(Br)c(F)c1F. The van der Waals surface area contributed by atoms with E-state index in [1.54, 1.807) is 0 Å². The summed E-state index contributed by atoms with van der Waals surface area (Å²) < 4.78 is 25.9. The standard InChI is InChI=1S/C9H5BrF2O/c1-2-7(13)5-3-4-6(10)9(12)8(5)11/h2-4H,1H2. The number of halogens is 3. The molecule has 0 aliphatic heterocycles. The fraction of sp³-hybridized carbons (Fsp3) is 0. The van der Waals surface area contributed by atoms with Gasteiger partial charge in [-0.1, -0.05) is 6.58 Å². The Morgan fingerprint density at radius 3 is 2.54 bits per heavy atom. The number of hydrogen-bond donors (Lipinski definition) is 0. The van der Waals surface area contributed by atoms with E-state index < -0.39 is 17.4 Å². The van der Waals surface area contributed by atoms with Crippen LogP contribution in [0.1, 0.15) is 10.4 Å². The third kappa shape index (κ3) is 1.83. The number of carbonyl (C=O) groups is 1. The predicted octanol–water partition coefficient (Wildman–Crippen LogP) is 3.10. The zero-order valence-electron chi connectivity index (χ0n) is 6.48. The van der Waals surface area contributed by atoms with Crippen molar-refractivity contribution in [2.75, 3.05) is 0 Å². The molecular formula is C9H5BrF2O. The van der Waals surface area contributed by atoms with E-state index in [2.05, 4.69) is 22.5 Å². The summed E-state index contributed by atoms with van der Waals surface area (Å²) in [5, 5.41) is 0. The summed E-state index contributed by atoms with van der Waals surface area (Å²) in [6.07, 6.45) is 0.936. The van der Waals surface area contributed by atoms with Crippen LogP contribution in [-0.2, 0) is 0 Å². The summed E-state index contributed by atoms with van der Waals surface area (Å²) in [6, 6.07) is 2.47. The van der Waals surface area contributed by atoms with Crippen molar-refractivity contribution in [3.05, 3.63) is 46.5 Å². The van der Waals surface area contributed by atoms with Crippen molar-refractivity contribution < 1.29 is 13.6 Å². The highest BCUT2D eigenvalue weighted by Gasteiger charge is 2.15. The van der Waals surface area contributed by atoms with Crippen molar-refractivity contribution in [3.8, 4) is 0 Å². The van der Waals surface area contributed by atoms with Gasteiger partial charge in [-0.2, -0.15) is 0 Å². The Morgan fingerprint density at radius 2 is 2.00 bits per heavy atom. The van der Waals surface area contributed by atoms with Gasteiger partial charge in [0.25, 0.3) is 0 Å². The third-order valence-corrected chi connectivity index (χ3v) is 2.10. The van der Waals surface area contributed by atoms with Gasteiger partial charge in [0, 0.05) is 0 Å². The van der Waals surface area contributed by atoms with Crippen LogP contribution in [0.3, 0.4) is 0 Å². The number of carbonyl (C=O) groups excluding carboxylic acids is 1. The van der Waals surface area contributed by atoms with Gasteiger partial charge in [-0.15, -0.1) is 0 Å². The Labute approximate surface area is 82.2 Å². The van der Waals surface area contributed by atoms with Crippen LogP contribution in [0.5, 0.6) is 0 Å². The van der Waals surface area contributed by atoms with Crippen LogP contribution in [0, 0.1) is 11.6 Å². The number of hydrogen-bond acceptors (Lipinski definition) is 1. The van der Waals surface area contributed by atoms with E-state index in [4.69, 9.17) is 0 Å². The van der Waals surface area contributed by atoms with Gasteiger partial charge in [0.2, 0.25) is 0 Å². The molecule has 1 nitrogen and oxygen atoms in total. The van der Waals surface area contributed by atoms with Gasteiger partial charge in [-0.05, 0) is 34.1 Å². The van der Waals surface area contributed by atoms with E-state index in [1.165, 1.54) is 12.1 Å². The molecular weight excluding hydrogens is 242 g/mol. The summed E-state index contributed by atoms with van der Waals surface area (Å²) >= 11 is 2.80. The molecule has 68 valence electrons. The molecule has 0 aliphatic rings. The van der Waals surface area contributed by atoms with Gasteiger partial charge in [0.15, 0.2) is 17.4 Å². The second-order valence-electron chi connectivity index (χ2n) is 2.29. The first-order chi connectivity index (χ1) is 6.07. The van der Waals surface area contributed by atoms with Crippen LogP contribution in [0.25, 0.3) is 0 Å². The highest BCUT2D eigenvalue weighted by Crippen LogP contribution is 2.21. The molecule has 0 fully saturated rings. The Balaban J connectivity index is 3.33. The molecule has 0 unspecified atom stereocenters. The third-order valence-electron chi connectivity index (χ3n) is 1.49. The molecule has 0 spiro atoms. The molecule has 4 heteroatoms. The molecule has 0 amide bonds. The summed E-state index contributed by atoms with van der Waals surface area (Å²) in [4.78, 5) is 11.0. The van der Waals surface area contributed by atoms with E-state index >= 15 is 0 Å². The van der Waals surface area contributed by atoms with Crippen LogP contribution >= 0.6 is 15.9 Å². The largest absolute Gasteiger partial charge is 0.289 e. The molecule has 0 saturated heterocycles. The lowest BCUT2D eigenvalue weighted by molar-refractivity contribution is 0.104. The normalized spacial score (nSPS) is 9.77. The molecule has 1 aromatic rings. The number of rotatable bonds is 2. The average molecular weight is 247 g/mol. The smallest absolute Gasteiger partial charge is 0.188 e. The van der Waals surface area contributed by atoms with Crippen molar-refractivity contribution in [1.29, 1.82) is 0 Å². The molecule has 1 rings (SSSR count). The summed E-state index contributed by atoms with van der Waals surface area (Å²) in [5.74, 6) is -2.85. The fourth-order valence-electron chi connectivity index (χ4n) is 0.826. The second-order valence-corrected chi connectivity index (χ2v) is 3.15. The summed E-state index contributed by atoms with van der Waals surface area (Å²) in [5.41, 5.74) is -0.310. The lowest BCUT2D eigenvalue weighted by Crippen LogP contribution is -2.01. The maximum absolute atomic E-state index is 13.0. The first-order valence-corrected chi connectivity index (χ1v) is 4.17. The maximum atomic E-state index is 13.0. The van der Waals surface area contributed by atoms with E-state index in [1.807, 2.05) is 0 Å².